The summed E-state index contributed by atoms with van der Waals surface area (Å²) in [5.41, 5.74) is 3.56. The summed E-state index contributed by atoms with van der Waals surface area (Å²) in [5, 5.41) is 4.01. The van der Waals surface area contributed by atoms with Crippen LogP contribution in [0.25, 0.3) is 10.9 Å². The molecule has 1 aliphatic carbocycles. The largest absolute Gasteiger partial charge is 0.497 e. The molecule has 8 heteroatoms. The van der Waals surface area contributed by atoms with E-state index in [4.69, 9.17) is 4.74 Å². The lowest BCUT2D eigenvalue weighted by Crippen LogP contribution is -2.35. The fourth-order valence-corrected chi connectivity index (χ4v) is 4.54. The number of halogens is 3. The van der Waals surface area contributed by atoms with Crippen LogP contribution in [-0.2, 0) is 12.0 Å². The number of rotatable bonds is 6. The number of fused-ring (bicyclic) bond motifs is 1. The van der Waals surface area contributed by atoms with Gasteiger partial charge in [0.1, 0.15) is 5.75 Å². The molecule has 3 aromatic rings. The van der Waals surface area contributed by atoms with Crippen molar-refractivity contribution in [3.8, 4) is 5.75 Å². The van der Waals surface area contributed by atoms with Gasteiger partial charge in [-0.2, -0.15) is 13.2 Å². The fourth-order valence-electron chi connectivity index (χ4n) is 4.54. The fraction of sp³-hybridized carbons (Fsp3) is 0.448. The summed E-state index contributed by atoms with van der Waals surface area (Å²) >= 11 is 0. The number of hydrogen-bond donors (Lipinski definition) is 1. The summed E-state index contributed by atoms with van der Waals surface area (Å²) < 4.78 is 43.8. The minimum Gasteiger partial charge on any atom is -0.497 e. The average molecular weight is 514 g/mol. The molecule has 5 nitrogen and oxygen atoms in total. The molecule has 0 unspecified atom stereocenters. The molecule has 1 N–H and O–H groups in total. The maximum atomic E-state index is 13.2. The number of carbonyl (C=O) groups is 1. The van der Waals surface area contributed by atoms with Crippen LogP contribution in [0.2, 0.25) is 0 Å². The van der Waals surface area contributed by atoms with Gasteiger partial charge in [-0.3, -0.25) is 9.78 Å². The summed E-state index contributed by atoms with van der Waals surface area (Å²) in [4.78, 5) is 20.0. The molecule has 0 spiro atoms. The summed E-state index contributed by atoms with van der Waals surface area (Å²) in [5.74, 6) is 0.359. The number of carbonyl (C=O) groups excluding carboxylic acids is 1. The second-order valence-electron chi connectivity index (χ2n) is 10.2. The van der Waals surface area contributed by atoms with Crippen LogP contribution in [0, 0.1) is 13.8 Å². The van der Waals surface area contributed by atoms with Gasteiger partial charge in [0.15, 0.2) is 0 Å². The zero-order valence-corrected chi connectivity index (χ0v) is 21.8. The van der Waals surface area contributed by atoms with Crippen LogP contribution in [-0.4, -0.2) is 49.2 Å². The number of nitrogens with zero attached hydrogens (tertiary/aromatic N) is 2. The van der Waals surface area contributed by atoms with Crippen LogP contribution in [0.1, 0.15) is 58.4 Å². The number of benzene rings is 2. The third-order valence-corrected chi connectivity index (χ3v) is 7.09. The van der Waals surface area contributed by atoms with E-state index >= 15 is 0 Å². The Labute approximate surface area is 216 Å². The van der Waals surface area contributed by atoms with Crippen molar-refractivity contribution in [1.82, 2.24) is 15.2 Å². The Morgan fingerprint density at radius 1 is 1.11 bits per heavy atom. The van der Waals surface area contributed by atoms with Crippen LogP contribution >= 0.6 is 0 Å². The molecule has 2 aromatic carbocycles. The van der Waals surface area contributed by atoms with E-state index in [0.717, 1.165) is 22.2 Å². The van der Waals surface area contributed by atoms with Crippen molar-refractivity contribution in [1.29, 1.82) is 0 Å². The number of nitrogens with one attached hydrogen (secondary N) is 1. The lowest BCUT2D eigenvalue weighted by atomic mass is 9.94. The number of methoxy groups -OCH3 is 1. The Morgan fingerprint density at radius 3 is 2.38 bits per heavy atom. The maximum Gasteiger partial charge on any atom is 0.389 e. The van der Waals surface area contributed by atoms with Gasteiger partial charge in [-0.1, -0.05) is 18.2 Å². The standard InChI is InChI=1S/C25H25F3N2O2.C4H9N/c1-15-4-6-18(32-3)14-20(15)23(31)30-24(10-11-24)21-12-17(8-9-25(26,27)28)13-22-19(21)7-5-16(2)29-22;1-5-3-2-4-5/h4-7,12-14H,8-11H2,1-3H3,(H,30,31);2-4H2,1H3. The predicted octanol–water partition coefficient (Wildman–Crippen LogP) is 6.10. The highest BCUT2D eigenvalue weighted by Crippen LogP contribution is 2.48. The topological polar surface area (TPSA) is 54.5 Å². The molecule has 1 aromatic heterocycles. The van der Waals surface area contributed by atoms with Gasteiger partial charge in [0.05, 0.1) is 18.2 Å². The van der Waals surface area contributed by atoms with Gasteiger partial charge in [-0.15, -0.1) is 0 Å². The Kier molecular flexibility index (Phi) is 7.78. The molecule has 5 rings (SSSR count). The smallest absolute Gasteiger partial charge is 0.389 e. The van der Waals surface area contributed by atoms with Crippen molar-refractivity contribution >= 4 is 16.8 Å². The molecule has 2 heterocycles. The predicted molar refractivity (Wildman–Crippen MR) is 139 cm³/mol. The molecule has 0 radical (unpaired) electrons. The Hall–Kier alpha value is -3.13. The second-order valence-corrected chi connectivity index (χ2v) is 10.2. The van der Waals surface area contributed by atoms with E-state index in [1.165, 1.54) is 19.5 Å². The van der Waals surface area contributed by atoms with E-state index in [1.54, 1.807) is 31.4 Å². The molecule has 198 valence electrons. The van der Waals surface area contributed by atoms with E-state index in [1.807, 2.05) is 32.0 Å². The second kappa shape index (κ2) is 10.7. The summed E-state index contributed by atoms with van der Waals surface area (Å²) in [7, 11) is 3.69. The van der Waals surface area contributed by atoms with Crippen molar-refractivity contribution in [3.63, 3.8) is 0 Å². The zero-order chi connectivity index (χ0) is 26.8. The van der Waals surface area contributed by atoms with Crippen LogP contribution in [0.15, 0.2) is 42.5 Å². The summed E-state index contributed by atoms with van der Waals surface area (Å²) in [6.07, 6.45) is -2.41. The molecule has 1 saturated heterocycles. The monoisotopic (exact) mass is 513 g/mol. The molecule has 37 heavy (non-hydrogen) atoms. The van der Waals surface area contributed by atoms with Crippen molar-refractivity contribution in [3.05, 3.63) is 70.4 Å². The lowest BCUT2D eigenvalue weighted by molar-refractivity contribution is -0.134. The zero-order valence-electron chi connectivity index (χ0n) is 21.8. The number of ether oxygens (including phenoxy) is 1. The number of aryl methyl sites for hydroxylation is 3. The Balaban J connectivity index is 0.000000572. The third-order valence-electron chi connectivity index (χ3n) is 7.09. The van der Waals surface area contributed by atoms with Crippen LogP contribution in [0.3, 0.4) is 0 Å². The average Bonchev–Trinajstić information content (AvgIpc) is 3.61. The molecule has 0 bridgehead atoms. The van der Waals surface area contributed by atoms with Crippen LogP contribution < -0.4 is 10.1 Å². The number of pyridine rings is 1. The Morgan fingerprint density at radius 2 is 1.81 bits per heavy atom. The molecular weight excluding hydrogens is 479 g/mol. The maximum absolute atomic E-state index is 13.2. The number of hydrogen-bond acceptors (Lipinski definition) is 4. The minimum absolute atomic E-state index is 0.124. The highest BCUT2D eigenvalue weighted by molar-refractivity contribution is 5.97. The van der Waals surface area contributed by atoms with Gasteiger partial charge >= 0.3 is 6.18 Å². The first-order chi connectivity index (χ1) is 17.5. The molecule has 2 aliphatic rings. The first kappa shape index (κ1) is 26.9. The van der Waals surface area contributed by atoms with E-state index in [2.05, 4.69) is 22.2 Å². The quantitative estimate of drug-likeness (QED) is 0.433. The molecule has 1 aliphatic heterocycles. The van der Waals surface area contributed by atoms with E-state index in [0.29, 0.717) is 35.2 Å². The van der Waals surface area contributed by atoms with Crippen LogP contribution in [0.5, 0.6) is 5.75 Å². The third kappa shape index (κ3) is 6.60. The van der Waals surface area contributed by atoms with Crippen molar-refractivity contribution in [2.24, 2.45) is 0 Å². The number of likely N-dealkylation sites (tertiary alicyclic amines) is 1. The van der Waals surface area contributed by atoms with E-state index in [9.17, 15) is 18.0 Å². The van der Waals surface area contributed by atoms with E-state index in [-0.39, 0.29) is 12.3 Å². The van der Waals surface area contributed by atoms with Gasteiger partial charge in [-0.25, -0.2) is 0 Å². The van der Waals surface area contributed by atoms with Gasteiger partial charge in [0, 0.05) is 23.1 Å². The van der Waals surface area contributed by atoms with Gasteiger partial charge < -0.3 is 15.0 Å². The van der Waals surface area contributed by atoms with E-state index < -0.39 is 18.1 Å². The number of aromatic nitrogens is 1. The van der Waals surface area contributed by atoms with Crippen molar-refractivity contribution in [2.45, 2.75) is 57.7 Å². The highest BCUT2D eigenvalue weighted by Gasteiger charge is 2.47. The van der Waals surface area contributed by atoms with Gasteiger partial charge in [-0.05, 0) is 101 Å². The lowest BCUT2D eigenvalue weighted by Gasteiger charge is -2.24. The number of amides is 1. The first-order valence-corrected chi connectivity index (χ1v) is 12.6. The van der Waals surface area contributed by atoms with Gasteiger partial charge in [0.25, 0.3) is 5.91 Å². The minimum atomic E-state index is -4.23. The highest BCUT2D eigenvalue weighted by atomic mass is 19.4. The summed E-state index contributed by atoms with van der Waals surface area (Å²) in [6, 6.07) is 12.7. The normalized spacial score (nSPS) is 16.4. The molecular formula is C29H34F3N3O2. The molecule has 1 saturated carbocycles. The van der Waals surface area contributed by atoms with Crippen LogP contribution in [0.4, 0.5) is 13.2 Å². The molecule has 0 atom stereocenters. The first-order valence-electron chi connectivity index (χ1n) is 12.6. The molecule has 1 amide bonds. The Bertz CT molecular complexity index is 1280. The van der Waals surface area contributed by atoms with Crippen molar-refractivity contribution in [2.75, 3.05) is 27.2 Å². The molecule has 2 fully saturated rings. The number of alkyl halides is 3. The summed E-state index contributed by atoms with van der Waals surface area (Å²) in [6.45, 7) is 6.34. The van der Waals surface area contributed by atoms with Crippen molar-refractivity contribution < 1.29 is 22.7 Å². The van der Waals surface area contributed by atoms with Gasteiger partial charge in [0.2, 0.25) is 0 Å². The SMILES string of the molecule is CN1CCC1.COc1ccc(C)c(C(=O)NC2(c3cc(CCC(F)(F)F)cc4nc(C)ccc34)CC2)c1.